The standard InChI is InChI=1S/C5H9O2.CHN.HNO2/c1-5(2,3)7-4-6;1-2;2-1-3/h1-3H3;1H;1H. The molecule has 1 N–H and O–H groups in total. The minimum Gasteiger partial charge on any atom is -0.452 e. The van der Waals surface area contributed by atoms with Gasteiger partial charge in [0.2, 0.25) is 0 Å². The third-order valence-corrected chi connectivity index (χ3v) is 0.348. The largest absolute Gasteiger partial charge is 0.452 e. The van der Waals surface area contributed by atoms with Gasteiger partial charge in [0, 0.05) is 11.9 Å². The molecule has 0 rings (SSSR count). The number of ether oxygens (including phenoxy) is 1. The fourth-order valence-electron chi connectivity index (χ4n) is 0.125. The molecule has 0 aromatic heterocycles. The average Bonchev–Trinajstić information content (AvgIpc) is 1.91. The zero-order chi connectivity index (χ0) is 10.6. The molecule has 0 bridgehead atoms. The van der Waals surface area contributed by atoms with Crippen molar-refractivity contribution in [3.05, 3.63) is 10.1 Å². The summed E-state index contributed by atoms with van der Waals surface area (Å²) in [6, 6.07) is 0. The molecule has 0 aromatic rings. The highest BCUT2D eigenvalue weighted by atomic mass is 16.6. The van der Waals surface area contributed by atoms with Gasteiger partial charge in [0.15, 0.2) is 0 Å². The number of hydrogen-bond acceptors (Lipinski definition) is 5. The first-order valence-electron chi connectivity index (χ1n) is 2.78. The molecule has 0 aliphatic heterocycles. The topological polar surface area (TPSA) is 104 Å². The van der Waals surface area contributed by atoms with Crippen molar-refractivity contribution < 1.29 is 14.9 Å². The van der Waals surface area contributed by atoms with Gasteiger partial charge in [0.05, 0.1) is 0 Å². The molecule has 0 atom stereocenters. The van der Waals surface area contributed by atoms with E-state index >= 15 is 0 Å². The van der Waals surface area contributed by atoms with Crippen LogP contribution in [0.2, 0.25) is 0 Å². The van der Waals surface area contributed by atoms with Crippen LogP contribution in [-0.4, -0.2) is 12.1 Å². The van der Waals surface area contributed by atoms with E-state index in [1.807, 2.05) is 0 Å². The number of nitrogens with zero attached hydrogens (tertiary/aromatic N) is 1. The second-order valence-electron chi connectivity index (χ2n) is 2.38. The van der Waals surface area contributed by atoms with Gasteiger partial charge >= 0.3 is 6.47 Å². The monoisotopic (exact) mass is 175 g/mol. The Bertz CT molecular complexity index is 127. The van der Waals surface area contributed by atoms with Crippen molar-refractivity contribution in [2.24, 2.45) is 0 Å². The molecular weight excluding hydrogens is 164 g/mol. The van der Waals surface area contributed by atoms with Crippen LogP contribution in [0.15, 0.2) is 0 Å². The van der Waals surface area contributed by atoms with Crippen molar-refractivity contribution in [2.45, 2.75) is 26.4 Å². The lowest BCUT2D eigenvalue weighted by Crippen LogP contribution is -2.53. The fourth-order valence-corrected chi connectivity index (χ4v) is 0.125. The summed E-state index contributed by atoms with van der Waals surface area (Å²) in [5.74, 6) is 0. The first-order chi connectivity index (χ1) is 5.47. The van der Waals surface area contributed by atoms with E-state index in [0.29, 0.717) is 0 Å². The summed E-state index contributed by atoms with van der Waals surface area (Å²) in [5, 5.41) is 14.9. The molecule has 0 spiro atoms. The Labute approximate surface area is 70.7 Å². The molecule has 0 aliphatic carbocycles. The summed E-state index contributed by atoms with van der Waals surface area (Å²) in [6.45, 7) is 10.2. The van der Waals surface area contributed by atoms with E-state index in [2.05, 4.69) is 11.3 Å². The molecule has 0 unspecified atom stereocenters. The Balaban J connectivity index is -0.000000137. The molecule has 6 heteroatoms. The molecule has 0 fully saturated rings. The van der Waals surface area contributed by atoms with E-state index in [9.17, 15) is 4.79 Å². The first kappa shape index (κ1) is 16.8. The van der Waals surface area contributed by atoms with Crippen LogP contribution in [0.4, 0.5) is 0 Å². The van der Waals surface area contributed by atoms with E-state index in [-0.39, 0.29) is 10.9 Å². The Hall–Kier alpha value is -1.64. The molecule has 0 heterocycles. The Kier molecular flexibility index (Phi) is 16.9. The average molecular weight is 175 g/mol. The van der Waals surface area contributed by atoms with Crippen molar-refractivity contribution in [1.82, 2.24) is 0 Å². The van der Waals surface area contributed by atoms with Gasteiger partial charge in [0.25, 0.3) is 0 Å². The van der Waals surface area contributed by atoms with Crippen molar-refractivity contribution >= 4 is 6.47 Å². The quantitative estimate of drug-likeness (QED) is 0.420. The predicted molar refractivity (Wildman–Crippen MR) is 40.9 cm³/mol. The Morgan fingerprint density at radius 3 is 1.75 bits per heavy atom. The summed E-state index contributed by atoms with van der Waals surface area (Å²) in [7, 11) is 0. The number of nitriles is 1. The summed E-state index contributed by atoms with van der Waals surface area (Å²) in [6.07, 6.45) is 0. The van der Waals surface area contributed by atoms with Crippen LogP contribution in [0.3, 0.4) is 0 Å². The van der Waals surface area contributed by atoms with Gasteiger partial charge in [-0.3, -0.25) is 10.1 Å². The molecule has 69 valence electrons. The van der Waals surface area contributed by atoms with Crippen LogP contribution in [0, 0.1) is 21.9 Å². The van der Waals surface area contributed by atoms with Gasteiger partial charge in [-0.05, 0) is 20.8 Å². The lowest BCUT2D eigenvalue weighted by molar-refractivity contribution is -0.398. The van der Waals surface area contributed by atoms with Gasteiger partial charge in [-0.15, -0.1) is 0 Å². The SMILES string of the molecule is C#N.CC(C)(C)O[C]=O.O=[NH+][O-]. The minimum absolute atomic E-state index is 0.250. The van der Waals surface area contributed by atoms with Crippen molar-refractivity contribution in [1.29, 1.82) is 5.26 Å². The first-order valence-corrected chi connectivity index (χ1v) is 2.78. The maximum atomic E-state index is 9.47. The third-order valence-electron chi connectivity index (χ3n) is 0.348. The van der Waals surface area contributed by atoms with Crippen LogP contribution in [0.1, 0.15) is 20.8 Å². The number of nitrogens with one attached hydrogen (secondary N) is 1. The molecule has 6 nitrogen and oxygen atoms in total. The second-order valence-corrected chi connectivity index (χ2v) is 2.38. The normalized spacial score (nSPS) is 7.42. The highest BCUT2D eigenvalue weighted by Gasteiger charge is 2.08. The van der Waals surface area contributed by atoms with E-state index in [0.717, 1.165) is 0 Å². The van der Waals surface area contributed by atoms with Crippen molar-refractivity contribution in [3.8, 4) is 6.57 Å². The summed E-state index contributed by atoms with van der Waals surface area (Å²) >= 11 is 0. The highest BCUT2D eigenvalue weighted by Crippen LogP contribution is 2.02. The summed E-state index contributed by atoms with van der Waals surface area (Å²) in [5.41, 5.74) is -0.373. The Morgan fingerprint density at radius 1 is 1.50 bits per heavy atom. The molecule has 0 amide bonds. The third kappa shape index (κ3) is 81.3. The van der Waals surface area contributed by atoms with Crippen LogP contribution < -0.4 is 5.34 Å². The lowest BCUT2D eigenvalue weighted by atomic mass is 10.2. The van der Waals surface area contributed by atoms with Gasteiger partial charge < -0.3 is 4.74 Å². The molecule has 12 heavy (non-hydrogen) atoms. The molecule has 0 aromatic carbocycles. The van der Waals surface area contributed by atoms with Crippen LogP contribution in [-0.2, 0) is 9.53 Å². The van der Waals surface area contributed by atoms with Gasteiger partial charge in [-0.25, -0.2) is 10.1 Å². The number of carbonyl (C=O) groups excluding carboxylic acids is 1. The fraction of sp³-hybridized carbons (Fsp3) is 0.667. The van der Waals surface area contributed by atoms with Crippen molar-refractivity contribution in [3.63, 3.8) is 0 Å². The number of rotatable bonds is 1. The van der Waals surface area contributed by atoms with Gasteiger partial charge in [-0.2, -0.15) is 0 Å². The molecular formula is C6H11N2O4. The zero-order valence-electron chi connectivity index (χ0n) is 7.16. The smallest absolute Gasteiger partial charge is 0.418 e. The van der Waals surface area contributed by atoms with E-state index in [1.165, 1.54) is 6.47 Å². The van der Waals surface area contributed by atoms with E-state index < -0.39 is 0 Å². The predicted octanol–water partition coefficient (Wildman–Crippen LogP) is -0.660. The Morgan fingerprint density at radius 2 is 1.75 bits per heavy atom. The van der Waals surface area contributed by atoms with Crippen LogP contribution in [0.5, 0.6) is 0 Å². The molecule has 1 radical (unpaired) electrons. The highest BCUT2D eigenvalue weighted by molar-refractivity contribution is 5.39. The maximum Gasteiger partial charge on any atom is 0.418 e. The maximum absolute atomic E-state index is 9.47. The van der Waals surface area contributed by atoms with Crippen molar-refractivity contribution in [2.75, 3.05) is 0 Å². The number of hydrogen-bond donors (Lipinski definition) is 1. The van der Waals surface area contributed by atoms with E-state index in [4.69, 9.17) is 15.4 Å². The minimum atomic E-state index is -0.373. The zero-order valence-corrected chi connectivity index (χ0v) is 7.16. The van der Waals surface area contributed by atoms with Crippen LogP contribution in [0.25, 0.3) is 0 Å². The van der Waals surface area contributed by atoms with Gasteiger partial charge in [-0.1, -0.05) is 0 Å². The molecule has 0 aliphatic rings. The summed E-state index contributed by atoms with van der Waals surface area (Å²) < 4.78 is 4.42. The molecule has 0 saturated heterocycles. The van der Waals surface area contributed by atoms with Crippen LogP contribution >= 0.6 is 0 Å². The second kappa shape index (κ2) is 12.1. The van der Waals surface area contributed by atoms with E-state index in [1.54, 1.807) is 20.8 Å². The molecule has 0 saturated carbocycles. The lowest BCUT2D eigenvalue weighted by Gasteiger charge is -2.13. The summed E-state index contributed by atoms with van der Waals surface area (Å²) in [4.78, 5) is 17.6. The van der Waals surface area contributed by atoms with Gasteiger partial charge in [0.1, 0.15) is 5.60 Å².